The molecule has 3 aromatic rings. The third kappa shape index (κ3) is 2.12. The van der Waals surface area contributed by atoms with Crippen LogP contribution in [0.25, 0.3) is 0 Å². The van der Waals surface area contributed by atoms with E-state index in [0.717, 1.165) is 22.3 Å². The van der Waals surface area contributed by atoms with E-state index in [1.54, 1.807) is 22.6 Å². The zero-order chi connectivity index (χ0) is 18.8. The van der Waals surface area contributed by atoms with Gasteiger partial charge in [-0.1, -0.05) is 42.0 Å². The second-order valence-electron chi connectivity index (χ2n) is 7.53. The Labute approximate surface area is 159 Å². The molecular formula is C22H20N2O2S. The molecule has 2 unspecified atom stereocenters. The van der Waals surface area contributed by atoms with Crippen LogP contribution in [0.5, 0.6) is 0 Å². The van der Waals surface area contributed by atoms with E-state index in [2.05, 4.69) is 17.1 Å². The monoisotopic (exact) mass is 376 g/mol. The number of fused-ring (bicyclic) bond motifs is 7. The summed E-state index contributed by atoms with van der Waals surface area (Å²) in [6.07, 6.45) is 4.28. The number of nitrogens with zero attached hydrogens (tertiary/aromatic N) is 2. The lowest BCUT2D eigenvalue weighted by Crippen LogP contribution is -2.48. The summed E-state index contributed by atoms with van der Waals surface area (Å²) in [6.45, 7) is 3.97. The zero-order valence-electron chi connectivity index (χ0n) is 15.3. The van der Waals surface area contributed by atoms with Gasteiger partial charge in [-0.25, -0.2) is 8.42 Å². The number of sulfonamides is 1. The standard InChI is InChI=1S/C22H20N2O2S/c1-15-7-9-17(10-8-15)27(25,26)24-21-13-16-11-12-23-14-20(16)22(24,2)19-6-4-3-5-18(19)21/h3-12,14,21H,13H2,1-2H3. The summed E-state index contributed by atoms with van der Waals surface area (Å²) in [6, 6.07) is 17.0. The Balaban J connectivity index is 1.79. The average Bonchev–Trinajstić information content (AvgIpc) is 2.87. The maximum absolute atomic E-state index is 13.7. The molecule has 0 saturated heterocycles. The predicted octanol–water partition coefficient (Wildman–Crippen LogP) is 3.96. The fraction of sp³-hybridized carbons (Fsp3) is 0.227. The first-order valence-electron chi connectivity index (χ1n) is 9.08. The van der Waals surface area contributed by atoms with Crippen LogP contribution >= 0.6 is 0 Å². The summed E-state index contributed by atoms with van der Waals surface area (Å²) in [5, 5.41) is 0. The summed E-state index contributed by atoms with van der Waals surface area (Å²) in [4.78, 5) is 4.65. The van der Waals surface area contributed by atoms with Crippen LogP contribution in [0.15, 0.2) is 71.9 Å². The molecule has 1 aromatic heterocycles. The second-order valence-corrected chi connectivity index (χ2v) is 9.34. The Kier molecular flexibility index (Phi) is 3.39. The first kappa shape index (κ1) is 16.7. The quantitative estimate of drug-likeness (QED) is 0.680. The molecule has 2 atom stereocenters. The molecular weight excluding hydrogens is 356 g/mol. The molecule has 0 N–H and O–H groups in total. The third-order valence-corrected chi connectivity index (χ3v) is 8.00. The van der Waals surface area contributed by atoms with Crippen LogP contribution in [0.4, 0.5) is 0 Å². The van der Waals surface area contributed by atoms with Crippen molar-refractivity contribution in [2.75, 3.05) is 0 Å². The van der Waals surface area contributed by atoms with Gasteiger partial charge in [-0.3, -0.25) is 4.98 Å². The van der Waals surface area contributed by atoms with Gasteiger partial charge >= 0.3 is 0 Å². The van der Waals surface area contributed by atoms with Crippen LogP contribution in [0.3, 0.4) is 0 Å². The largest absolute Gasteiger partial charge is 0.264 e. The van der Waals surface area contributed by atoms with Crippen molar-refractivity contribution >= 4 is 10.0 Å². The van der Waals surface area contributed by atoms with Crippen molar-refractivity contribution in [2.45, 2.75) is 36.7 Å². The van der Waals surface area contributed by atoms with E-state index in [-0.39, 0.29) is 6.04 Å². The maximum Gasteiger partial charge on any atom is 0.244 e. The summed E-state index contributed by atoms with van der Waals surface area (Å²) < 4.78 is 29.2. The van der Waals surface area contributed by atoms with E-state index in [0.29, 0.717) is 11.3 Å². The summed E-state index contributed by atoms with van der Waals surface area (Å²) in [7, 11) is -3.68. The minimum Gasteiger partial charge on any atom is -0.264 e. The van der Waals surface area contributed by atoms with Crippen LogP contribution in [0.2, 0.25) is 0 Å². The molecule has 0 radical (unpaired) electrons. The highest BCUT2D eigenvalue weighted by Gasteiger charge is 2.57. The molecule has 3 heterocycles. The molecule has 5 heteroatoms. The molecule has 27 heavy (non-hydrogen) atoms. The van der Waals surface area contributed by atoms with Gasteiger partial charge in [0.15, 0.2) is 0 Å². The normalized spacial score (nSPS) is 23.7. The molecule has 0 spiro atoms. The highest BCUT2D eigenvalue weighted by molar-refractivity contribution is 7.89. The molecule has 4 nitrogen and oxygen atoms in total. The minimum absolute atomic E-state index is 0.201. The van der Waals surface area contributed by atoms with Gasteiger partial charge in [0.05, 0.1) is 16.5 Å². The highest BCUT2D eigenvalue weighted by Crippen LogP contribution is 2.57. The summed E-state index contributed by atoms with van der Waals surface area (Å²) >= 11 is 0. The van der Waals surface area contributed by atoms with Crippen LogP contribution in [0.1, 0.15) is 40.8 Å². The van der Waals surface area contributed by atoms with Crippen molar-refractivity contribution in [3.8, 4) is 0 Å². The molecule has 2 aliphatic rings. The summed E-state index contributed by atoms with van der Waals surface area (Å²) in [5.74, 6) is 0. The number of aryl methyl sites for hydroxylation is 1. The first-order valence-corrected chi connectivity index (χ1v) is 10.5. The highest BCUT2D eigenvalue weighted by atomic mass is 32.2. The van der Waals surface area contributed by atoms with Crippen LogP contribution in [0, 0.1) is 6.92 Å². The van der Waals surface area contributed by atoms with Crippen molar-refractivity contribution in [1.82, 2.24) is 9.29 Å². The molecule has 2 aromatic carbocycles. The number of aromatic nitrogens is 1. The lowest BCUT2D eigenvalue weighted by atomic mass is 9.83. The zero-order valence-corrected chi connectivity index (χ0v) is 16.1. The first-order chi connectivity index (χ1) is 12.9. The molecule has 0 aliphatic carbocycles. The number of benzene rings is 2. The summed E-state index contributed by atoms with van der Waals surface area (Å²) in [5.41, 5.74) is 4.57. The SMILES string of the molecule is Cc1ccc(S(=O)(=O)N2C3Cc4ccncc4C2(C)c2ccccc23)cc1. The van der Waals surface area contributed by atoms with E-state index in [4.69, 9.17) is 0 Å². The van der Waals surface area contributed by atoms with Crippen LogP contribution in [-0.2, 0) is 22.0 Å². The van der Waals surface area contributed by atoms with Crippen molar-refractivity contribution < 1.29 is 8.42 Å². The molecule has 2 bridgehead atoms. The van der Waals surface area contributed by atoms with Gasteiger partial charge in [0.2, 0.25) is 10.0 Å². The molecule has 0 saturated carbocycles. The second kappa shape index (κ2) is 5.50. The topological polar surface area (TPSA) is 50.3 Å². The average molecular weight is 376 g/mol. The fourth-order valence-electron chi connectivity index (χ4n) is 4.72. The van der Waals surface area contributed by atoms with Gasteiger partial charge < -0.3 is 0 Å². The molecule has 0 amide bonds. The van der Waals surface area contributed by atoms with Gasteiger partial charge in [-0.2, -0.15) is 4.31 Å². The number of rotatable bonds is 2. The van der Waals surface area contributed by atoms with Crippen molar-refractivity contribution in [1.29, 1.82) is 0 Å². The van der Waals surface area contributed by atoms with Crippen LogP contribution in [-0.4, -0.2) is 17.7 Å². The number of hydrogen-bond donors (Lipinski definition) is 0. The lowest BCUT2D eigenvalue weighted by molar-refractivity contribution is 0.207. The van der Waals surface area contributed by atoms with E-state index >= 15 is 0 Å². The number of hydrogen-bond acceptors (Lipinski definition) is 3. The van der Waals surface area contributed by atoms with Crippen LogP contribution < -0.4 is 0 Å². The Morgan fingerprint density at radius 2 is 1.78 bits per heavy atom. The van der Waals surface area contributed by atoms with Crippen molar-refractivity contribution in [3.05, 3.63) is 94.8 Å². The number of pyridine rings is 1. The Hall–Kier alpha value is -2.50. The lowest BCUT2D eigenvalue weighted by Gasteiger charge is -2.43. The molecule has 2 aliphatic heterocycles. The van der Waals surface area contributed by atoms with E-state index < -0.39 is 15.6 Å². The predicted molar refractivity (Wildman–Crippen MR) is 104 cm³/mol. The Morgan fingerprint density at radius 3 is 2.56 bits per heavy atom. The van der Waals surface area contributed by atoms with E-state index in [1.165, 1.54) is 5.56 Å². The maximum atomic E-state index is 13.7. The minimum atomic E-state index is -3.68. The van der Waals surface area contributed by atoms with Gasteiger partial charge in [0.25, 0.3) is 0 Å². The molecule has 5 rings (SSSR count). The van der Waals surface area contributed by atoms with Gasteiger partial charge in [0, 0.05) is 12.4 Å². The van der Waals surface area contributed by atoms with Crippen molar-refractivity contribution in [2.24, 2.45) is 0 Å². The third-order valence-electron chi connectivity index (χ3n) is 5.99. The van der Waals surface area contributed by atoms with Gasteiger partial charge in [-0.05, 0) is 60.7 Å². The smallest absolute Gasteiger partial charge is 0.244 e. The van der Waals surface area contributed by atoms with Gasteiger partial charge in [-0.15, -0.1) is 0 Å². The Morgan fingerprint density at radius 1 is 1.04 bits per heavy atom. The van der Waals surface area contributed by atoms with E-state index in [1.807, 2.05) is 50.4 Å². The molecule has 136 valence electrons. The van der Waals surface area contributed by atoms with Crippen molar-refractivity contribution in [3.63, 3.8) is 0 Å². The molecule has 0 fully saturated rings. The fourth-order valence-corrected chi connectivity index (χ4v) is 6.63. The van der Waals surface area contributed by atoms with Gasteiger partial charge in [0.1, 0.15) is 0 Å². The Bertz CT molecular complexity index is 1140. The van der Waals surface area contributed by atoms with E-state index in [9.17, 15) is 8.42 Å².